The van der Waals surface area contributed by atoms with E-state index in [-0.39, 0.29) is 18.2 Å². The number of halogens is 2. The van der Waals surface area contributed by atoms with Gasteiger partial charge in [-0.1, -0.05) is 53.3 Å². The lowest BCUT2D eigenvalue weighted by molar-refractivity contribution is 0.140. The van der Waals surface area contributed by atoms with E-state index >= 15 is 0 Å². The second kappa shape index (κ2) is 14.2. The predicted octanol–water partition coefficient (Wildman–Crippen LogP) is 6.35. The standard InChI is InChI=1S/C30H40Cl2N4O4S/c1-22(2)20-41(3,33)30(38)40-21-36-27-19-24(11-9-23(27)10-12-28(36)37)39-18-5-4-13-34-14-16-35(17-15-34)26-8-6-7-25(31)29(26)32/h6-12,19,22H,4-5,13-18,20-21,33H2,1-3H3. The van der Waals surface area contributed by atoms with Gasteiger partial charge in [-0.3, -0.25) is 19.4 Å². The van der Waals surface area contributed by atoms with Crippen LogP contribution in [0.2, 0.25) is 10.0 Å². The van der Waals surface area contributed by atoms with E-state index in [1.807, 2.05) is 50.2 Å². The number of aromatic nitrogens is 1. The molecule has 11 heteroatoms. The number of piperazine rings is 1. The summed E-state index contributed by atoms with van der Waals surface area (Å²) in [5.41, 5.74) is 1.40. The summed E-state index contributed by atoms with van der Waals surface area (Å²) in [4.78, 5) is 30.0. The lowest BCUT2D eigenvalue weighted by atomic mass is 10.2. The van der Waals surface area contributed by atoms with Crippen LogP contribution in [-0.4, -0.2) is 66.1 Å². The normalized spacial score (nSPS) is 16.5. The Kier molecular flexibility index (Phi) is 10.9. The lowest BCUT2D eigenvalue weighted by Gasteiger charge is -2.36. The fraction of sp³-hybridized carbons (Fsp3) is 0.467. The van der Waals surface area contributed by atoms with Gasteiger partial charge in [-0.05, 0) is 67.3 Å². The summed E-state index contributed by atoms with van der Waals surface area (Å²) in [6, 6.07) is 14.6. The summed E-state index contributed by atoms with van der Waals surface area (Å²) in [5, 5.41) is 7.87. The summed E-state index contributed by atoms with van der Waals surface area (Å²) in [6.45, 7) is 9.18. The fourth-order valence-electron chi connectivity index (χ4n) is 5.08. The Morgan fingerprint density at radius 1 is 1.05 bits per heavy atom. The maximum atomic E-state index is 12.7. The Balaban J connectivity index is 1.26. The van der Waals surface area contributed by atoms with Gasteiger partial charge in [-0.25, -0.2) is 4.79 Å². The van der Waals surface area contributed by atoms with Crippen LogP contribution in [0, 0.1) is 5.92 Å². The van der Waals surface area contributed by atoms with Crippen molar-refractivity contribution in [2.75, 3.05) is 56.2 Å². The van der Waals surface area contributed by atoms with E-state index in [1.165, 1.54) is 10.6 Å². The average molecular weight is 624 g/mol. The van der Waals surface area contributed by atoms with Crippen LogP contribution in [0.5, 0.6) is 5.75 Å². The number of anilines is 1. The van der Waals surface area contributed by atoms with Crippen molar-refractivity contribution in [1.82, 2.24) is 9.47 Å². The number of rotatable bonds is 11. The van der Waals surface area contributed by atoms with Crippen molar-refractivity contribution in [3.63, 3.8) is 0 Å². The molecule has 8 nitrogen and oxygen atoms in total. The molecule has 2 aromatic carbocycles. The van der Waals surface area contributed by atoms with Crippen LogP contribution in [0.1, 0.15) is 26.7 Å². The molecular weight excluding hydrogens is 583 g/mol. The zero-order valence-electron chi connectivity index (χ0n) is 24.0. The molecule has 1 aliphatic rings. The maximum Gasteiger partial charge on any atom is 0.363 e. The van der Waals surface area contributed by atoms with Gasteiger partial charge in [-0.15, -0.1) is 0 Å². The highest BCUT2D eigenvalue weighted by Gasteiger charge is 2.26. The monoisotopic (exact) mass is 622 g/mol. The Bertz CT molecular complexity index is 1410. The summed E-state index contributed by atoms with van der Waals surface area (Å²) < 4.78 is 13.0. The van der Waals surface area contributed by atoms with Gasteiger partial charge < -0.3 is 14.4 Å². The number of carbonyl (C=O) groups is 1. The summed E-state index contributed by atoms with van der Waals surface area (Å²) in [7, 11) is -2.07. The highest BCUT2D eigenvalue weighted by Crippen LogP contribution is 2.39. The number of benzene rings is 2. The first-order valence-electron chi connectivity index (χ1n) is 13.9. The smallest absolute Gasteiger partial charge is 0.363 e. The third kappa shape index (κ3) is 8.32. The van der Waals surface area contributed by atoms with Crippen LogP contribution in [0.15, 0.2) is 53.3 Å². The van der Waals surface area contributed by atoms with E-state index in [4.69, 9.17) is 37.8 Å². The van der Waals surface area contributed by atoms with Crippen molar-refractivity contribution in [2.45, 2.75) is 33.4 Å². The highest BCUT2D eigenvalue weighted by molar-refractivity contribution is 8.42. The van der Waals surface area contributed by atoms with Crippen molar-refractivity contribution >= 4 is 55.3 Å². The molecule has 0 saturated carbocycles. The van der Waals surface area contributed by atoms with Crippen molar-refractivity contribution in [2.24, 2.45) is 11.1 Å². The SMILES string of the molecule is CC(C)CS(C)(N)C(=O)OCn1c(=O)ccc2ccc(OCCCCN3CCN(c4cccc(Cl)c4Cl)CC3)cc21. The third-order valence-corrected chi connectivity index (χ3v) is 10.2. The number of carbonyl (C=O) groups excluding carboxylic acids is 1. The topological polar surface area (TPSA) is 90.0 Å². The molecule has 1 unspecified atom stereocenters. The minimum Gasteiger partial charge on any atom is -0.494 e. The van der Waals surface area contributed by atoms with Crippen LogP contribution in [0.4, 0.5) is 10.5 Å². The summed E-state index contributed by atoms with van der Waals surface area (Å²) in [6.07, 6.45) is 3.66. The second-order valence-corrected chi connectivity index (χ2v) is 14.8. The van der Waals surface area contributed by atoms with Gasteiger partial charge in [0.15, 0.2) is 6.73 Å². The molecule has 0 amide bonds. The third-order valence-electron chi connectivity index (χ3n) is 7.12. The highest BCUT2D eigenvalue weighted by atomic mass is 35.5. The van der Waals surface area contributed by atoms with Gasteiger partial charge in [0, 0.05) is 44.1 Å². The number of pyridine rings is 1. The minimum atomic E-state index is -2.07. The molecule has 1 saturated heterocycles. The maximum absolute atomic E-state index is 12.7. The zero-order chi connectivity index (χ0) is 29.6. The average Bonchev–Trinajstić information content (AvgIpc) is 2.93. The molecule has 1 atom stereocenters. The van der Waals surface area contributed by atoms with Gasteiger partial charge >= 0.3 is 5.30 Å². The number of unbranched alkanes of at least 4 members (excludes halogenated alkanes) is 1. The summed E-state index contributed by atoms with van der Waals surface area (Å²) >= 11 is 12.6. The molecule has 3 aromatic rings. The van der Waals surface area contributed by atoms with Crippen LogP contribution in [0.3, 0.4) is 0 Å². The van der Waals surface area contributed by atoms with Gasteiger partial charge in [-0.2, -0.15) is 0 Å². The van der Waals surface area contributed by atoms with E-state index in [9.17, 15) is 9.59 Å². The molecule has 1 fully saturated rings. The number of fused-ring (bicyclic) bond motifs is 1. The predicted molar refractivity (Wildman–Crippen MR) is 172 cm³/mol. The fourth-order valence-corrected chi connectivity index (χ4v) is 7.34. The van der Waals surface area contributed by atoms with E-state index < -0.39 is 15.5 Å². The molecule has 1 aliphatic heterocycles. The molecule has 224 valence electrons. The first-order valence-corrected chi connectivity index (χ1v) is 17.0. The van der Waals surface area contributed by atoms with Gasteiger partial charge in [0.2, 0.25) is 0 Å². The van der Waals surface area contributed by atoms with Gasteiger partial charge in [0.25, 0.3) is 5.56 Å². The number of hydrogen-bond donors (Lipinski definition) is 1. The largest absolute Gasteiger partial charge is 0.494 e. The van der Waals surface area contributed by atoms with Gasteiger partial charge in [0.1, 0.15) is 5.75 Å². The first-order chi connectivity index (χ1) is 19.5. The van der Waals surface area contributed by atoms with Crippen LogP contribution >= 0.6 is 33.4 Å². The molecule has 2 N–H and O–H groups in total. The molecule has 0 radical (unpaired) electrons. The molecule has 0 bridgehead atoms. The Labute approximate surface area is 253 Å². The second-order valence-electron chi connectivity index (χ2n) is 11.0. The molecule has 1 aromatic heterocycles. The first kappa shape index (κ1) is 31.5. The quantitative estimate of drug-likeness (QED) is 0.197. The zero-order valence-corrected chi connectivity index (χ0v) is 26.3. The number of hydrogen-bond acceptors (Lipinski definition) is 7. The van der Waals surface area contributed by atoms with E-state index in [0.29, 0.717) is 33.7 Å². The molecule has 0 spiro atoms. The van der Waals surface area contributed by atoms with Crippen LogP contribution in [0.25, 0.3) is 10.9 Å². The van der Waals surface area contributed by atoms with Crippen molar-refractivity contribution in [1.29, 1.82) is 0 Å². The lowest BCUT2D eigenvalue weighted by Crippen LogP contribution is -2.46. The van der Waals surface area contributed by atoms with Crippen LogP contribution in [-0.2, 0) is 11.5 Å². The van der Waals surface area contributed by atoms with Crippen LogP contribution < -0.4 is 20.3 Å². The van der Waals surface area contributed by atoms with E-state index in [1.54, 1.807) is 12.3 Å². The van der Waals surface area contributed by atoms with E-state index in [0.717, 1.165) is 56.6 Å². The Hall–Kier alpha value is -2.43. The van der Waals surface area contributed by atoms with E-state index in [2.05, 4.69) is 9.80 Å². The number of nitrogens with two attached hydrogens (primary N) is 1. The Morgan fingerprint density at radius 3 is 2.51 bits per heavy atom. The minimum absolute atomic E-state index is 0.187. The molecule has 4 rings (SSSR count). The Morgan fingerprint density at radius 2 is 1.78 bits per heavy atom. The van der Waals surface area contributed by atoms with Crippen molar-refractivity contribution in [3.05, 3.63) is 68.9 Å². The number of nitrogens with zero attached hydrogens (tertiary/aromatic N) is 3. The summed E-state index contributed by atoms with van der Waals surface area (Å²) in [5.74, 6) is 1.52. The molecular formula is C30H40Cl2N4O4S. The van der Waals surface area contributed by atoms with Crippen molar-refractivity contribution in [3.8, 4) is 5.75 Å². The molecule has 41 heavy (non-hydrogen) atoms. The van der Waals surface area contributed by atoms with Gasteiger partial charge in [0.05, 0.1) is 27.9 Å². The molecule has 0 aliphatic carbocycles. The van der Waals surface area contributed by atoms with Crippen molar-refractivity contribution < 1.29 is 14.3 Å². The molecule has 2 heterocycles. The number of ether oxygens (including phenoxy) is 2.